The van der Waals surface area contributed by atoms with Crippen molar-refractivity contribution in [1.82, 2.24) is 0 Å². The molecule has 2 atom stereocenters. The number of carbonyl (C=O) groups excluding carboxylic acids is 1. The fourth-order valence-electron chi connectivity index (χ4n) is 5.52. The molecular formula is C42H78NO7P. The van der Waals surface area contributed by atoms with Crippen LogP contribution in [0.1, 0.15) is 174 Å². The Morgan fingerprint density at radius 1 is 0.608 bits per heavy atom. The Kier molecular flexibility index (Phi) is 38.5. The third-order valence-electron chi connectivity index (χ3n) is 8.51. The second-order valence-corrected chi connectivity index (χ2v) is 14.9. The SMILES string of the molecule is CC/C=C\C/C=C\C/C=C\C/C=C\CCCCCCCCCCCOCC(COP(=O)(O)OCCN)OC(=O)CCCCCCCCCCCC. The molecule has 8 nitrogen and oxygen atoms in total. The van der Waals surface area contributed by atoms with Gasteiger partial charge in [-0.3, -0.25) is 13.8 Å². The van der Waals surface area contributed by atoms with Crippen molar-refractivity contribution in [2.24, 2.45) is 5.73 Å². The standard InChI is InChI=1S/C42H78NO7P/c1-3-5-7-9-11-13-15-16-17-18-19-20-21-22-23-24-25-26-28-30-32-34-37-47-39-41(40-49-51(45,46)48-38-36-43)50-42(44)35-33-31-29-27-14-12-10-8-6-4-2/h5,7,11,13,16-17,19-20,41H,3-4,6,8-10,12,14-15,18,21-40,43H2,1-2H3,(H,45,46)/b7-5-,13-11-,17-16-,20-19-. The minimum atomic E-state index is -4.27. The van der Waals surface area contributed by atoms with E-state index in [9.17, 15) is 14.3 Å². The predicted octanol–water partition coefficient (Wildman–Crippen LogP) is 12.0. The molecule has 0 aromatic carbocycles. The van der Waals surface area contributed by atoms with Crippen molar-refractivity contribution in [1.29, 1.82) is 0 Å². The van der Waals surface area contributed by atoms with Gasteiger partial charge in [0.1, 0.15) is 6.10 Å². The van der Waals surface area contributed by atoms with E-state index in [0.29, 0.717) is 13.0 Å². The van der Waals surface area contributed by atoms with E-state index in [4.69, 9.17) is 24.3 Å². The lowest BCUT2D eigenvalue weighted by molar-refractivity contribution is -0.154. The summed E-state index contributed by atoms with van der Waals surface area (Å²) in [7, 11) is -4.27. The summed E-state index contributed by atoms with van der Waals surface area (Å²) in [6.07, 6.45) is 45.6. The fraction of sp³-hybridized carbons (Fsp3) is 0.786. The van der Waals surface area contributed by atoms with Gasteiger partial charge in [0.15, 0.2) is 0 Å². The summed E-state index contributed by atoms with van der Waals surface area (Å²) >= 11 is 0. The predicted molar refractivity (Wildman–Crippen MR) is 215 cm³/mol. The summed E-state index contributed by atoms with van der Waals surface area (Å²) in [5, 5.41) is 0. The fourth-order valence-corrected chi connectivity index (χ4v) is 6.28. The third kappa shape index (κ3) is 39.5. The van der Waals surface area contributed by atoms with E-state index < -0.39 is 13.9 Å². The second kappa shape index (κ2) is 39.7. The molecule has 9 heteroatoms. The highest BCUT2D eigenvalue weighted by Gasteiger charge is 2.25. The Hall–Kier alpha value is -1.54. The molecule has 0 saturated heterocycles. The number of allylic oxidation sites excluding steroid dienone is 8. The molecule has 0 aliphatic rings. The molecule has 0 spiro atoms. The average Bonchev–Trinajstić information content (AvgIpc) is 3.12. The number of rotatable bonds is 39. The van der Waals surface area contributed by atoms with Crippen molar-refractivity contribution in [3.8, 4) is 0 Å². The van der Waals surface area contributed by atoms with E-state index in [1.807, 2.05) is 0 Å². The molecule has 0 radical (unpaired) electrons. The number of hydrogen-bond acceptors (Lipinski definition) is 7. The molecule has 0 rings (SSSR count). The van der Waals surface area contributed by atoms with Gasteiger partial charge in [-0.05, 0) is 51.4 Å². The Morgan fingerprint density at radius 2 is 1.10 bits per heavy atom. The smallest absolute Gasteiger partial charge is 0.457 e. The molecule has 298 valence electrons. The molecular weight excluding hydrogens is 661 g/mol. The van der Waals surface area contributed by atoms with Gasteiger partial charge in [-0.1, -0.05) is 165 Å². The maximum Gasteiger partial charge on any atom is 0.472 e. The largest absolute Gasteiger partial charge is 0.472 e. The van der Waals surface area contributed by atoms with Crippen LogP contribution in [0.25, 0.3) is 0 Å². The van der Waals surface area contributed by atoms with Crippen LogP contribution >= 0.6 is 7.82 Å². The van der Waals surface area contributed by atoms with Crippen molar-refractivity contribution in [2.75, 3.05) is 33.0 Å². The van der Waals surface area contributed by atoms with Gasteiger partial charge >= 0.3 is 13.8 Å². The first-order valence-electron chi connectivity index (χ1n) is 20.6. The maximum atomic E-state index is 12.5. The summed E-state index contributed by atoms with van der Waals surface area (Å²) in [5.74, 6) is -0.336. The number of unbranched alkanes of at least 4 members (excludes halogenated alkanes) is 18. The molecule has 0 bridgehead atoms. The maximum absolute atomic E-state index is 12.5. The van der Waals surface area contributed by atoms with Gasteiger partial charge in [0.25, 0.3) is 0 Å². The molecule has 0 aliphatic carbocycles. The van der Waals surface area contributed by atoms with Crippen molar-refractivity contribution in [3.05, 3.63) is 48.6 Å². The molecule has 0 aromatic heterocycles. The van der Waals surface area contributed by atoms with Crippen molar-refractivity contribution in [3.63, 3.8) is 0 Å². The molecule has 0 aliphatic heterocycles. The van der Waals surface area contributed by atoms with Crippen LogP contribution in [0.4, 0.5) is 0 Å². The van der Waals surface area contributed by atoms with Gasteiger partial charge in [-0.25, -0.2) is 4.57 Å². The summed E-state index contributed by atoms with van der Waals surface area (Å²) in [6.45, 7) is 4.78. The highest BCUT2D eigenvalue weighted by atomic mass is 31.2. The van der Waals surface area contributed by atoms with Gasteiger partial charge in [0.05, 0.1) is 19.8 Å². The lowest BCUT2D eigenvalue weighted by atomic mass is 10.1. The van der Waals surface area contributed by atoms with E-state index >= 15 is 0 Å². The van der Waals surface area contributed by atoms with Crippen molar-refractivity contribution >= 4 is 13.8 Å². The van der Waals surface area contributed by atoms with Crippen molar-refractivity contribution in [2.45, 2.75) is 180 Å². The number of phosphoric acid groups is 1. The minimum absolute atomic E-state index is 0.0971. The quantitative estimate of drug-likeness (QED) is 0.0277. The monoisotopic (exact) mass is 740 g/mol. The Balaban J connectivity index is 3.98. The minimum Gasteiger partial charge on any atom is -0.457 e. The number of phosphoric ester groups is 1. The molecule has 0 saturated carbocycles. The summed E-state index contributed by atoms with van der Waals surface area (Å²) in [5.41, 5.74) is 5.36. The molecule has 3 N–H and O–H groups in total. The zero-order valence-corrected chi connectivity index (χ0v) is 33.7. The van der Waals surface area contributed by atoms with Gasteiger partial charge in [0, 0.05) is 19.6 Å². The number of nitrogens with two attached hydrogens (primary N) is 1. The number of hydrogen-bond donors (Lipinski definition) is 2. The van der Waals surface area contributed by atoms with Gasteiger partial charge in [-0.2, -0.15) is 0 Å². The summed E-state index contributed by atoms with van der Waals surface area (Å²) in [6, 6.07) is 0. The molecule has 51 heavy (non-hydrogen) atoms. The number of esters is 1. The van der Waals surface area contributed by atoms with Crippen LogP contribution in [0.2, 0.25) is 0 Å². The first kappa shape index (κ1) is 49.5. The number of carbonyl (C=O) groups is 1. The van der Waals surface area contributed by atoms with Crippen LogP contribution in [-0.2, 0) is 27.9 Å². The van der Waals surface area contributed by atoms with E-state index in [-0.39, 0.29) is 32.3 Å². The lowest BCUT2D eigenvalue weighted by Gasteiger charge is -2.20. The zero-order valence-electron chi connectivity index (χ0n) is 32.8. The molecule has 2 unspecified atom stereocenters. The lowest BCUT2D eigenvalue weighted by Crippen LogP contribution is -2.28. The topological polar surface area (TPSA) is 117 Å². The highest BCUT2D eigenvalue weighted by molar-refractivity contribution is 7.47. The first-order valence-corrected chi connectivity index (χ1v) is 22.1. The molecule has 0 fully saturated rings. The van der Waals surface area contributed by atoms with Crippen LogP contribution < -0.4 is 5.73 Å². The molecule has 0 aromatic rings. The summed E-state index contributed by atoms with van der Waals surface area (Å²) < 4.78 is 33.3. The van der Waals surface area contributed by atoms with Gasteiger partial charge in [0.2, 0.25) is 0 Å². The van der Waals surface area contributed by atoms with Crippen LogP contribution in [0.15, 0.2) is 48.6 Å². The summed E-state index contributed by atoms with van der Waals surface area (Å²) in [4.78, 5) is 22.4. The van der Waals surface area contributed by atoms with E-state index in [2.05, 4.69) is 62.5 Å². The first-order chi connectivity index (χ1) is 24.9. The van der Waals surface area contributed by atoms with Crippen molar-refractivity contribution < 1.29 is 32.8 Å². The zero-order chi connectivity index (χ0) is 37.4. The molecule has 0 heterocycles. The molecule has 0 amide bonds. The Morgan fingerprint density at radius 3 is 1.65 bits per heavy atom. The number of ether oxygens (including phenoxy) is 2. The van der Waals surface area contributed by atoms with Gasteiger partial charge in [-0.15, -0.1) is 0 Å². The van der Waals surface area contributed by atoms with Crippen LogP contribution in [0, 0.1) is 0 Å². The van der Waals surface area contributed by atoms with Crippen LogP contribution in [0.3, 0.4) is 0 Å². The Labute approximate surface area is 313 Å². The van der Waals surface area contributed by atoms with Gasteiger partial charge < -0.3 is 20.1 Å². The second-order valence-electron chi connectivity index (χ2n) is 13.5. The van der Waals surface area contributed by atoms with Crippen LogP contribution in [0.5, 0.6) is 0 Å². The van der Waals surface area contributed by atoms with E-state index in [0.717, 1.165) is 57.8 Å². The third-order valence-corrected chi connectivity index (χ3v) is 9.49. The average molecular weight is 740 g/mol. The normalized spacial score (nSPS) is 14.0. The van der Waals surface area contributed by atoms with Crippen LogP contribution in [-0.4, -0.2) is 49.9 Å². The Bertz CT molecular complexity index is 921. The van der Waals surface area contributed by atoms with E-state index in [1.54, 1.807) is 0 Å². The van der Waals surface area contributed by atoms with E-state index in [1.165, 1.54) is 96.3 Å². The highest BCUT2D eigenvalue weighted by Crippen LogP contribution is 2.43.